The van der Waals surface area contributed by atoms with Crippen molar-refractivity contribution in [2.45, 2.75) is 37.1 Å². The number of carbonyl (C=O) groups is 1. The first-order chi connectivity index (χ1) is 11.6. The summed E-state index contributed by atoms with van der Waals surface area (Å²) in [5.41, 5.74) is 2.52. The minimum atomic E-state index is -0.751. The minimum Gasteiger partial charge on any atom is -0.539 e. The highest BCUT2D eigenvalue weighted by atomic mass is 32.2. The van der Waals surface area contributed by atoms with Crippen molar-refractivity contribution in [3.8, 4) is 12.0 Å². The van der Waals surface area contributed by atoms with Crippen molar-refractivity contribution in [3.63, 3.8) is 0 Å². The van der Waals surface area contributed by atoms with Gasteiger partial charge in [-0.3, -0.25) is 4.79 Å². The summed E-state index contributed by atoms with van der Waals surface area (Å²) in [7, 11) is 1.48. The zero-order chi connectivity index (χ0) is 17.1. The molecule has 0 aliphatic heterocycles. The quantitative estimate of drug-likeness (QED) is 0.353. The Labute approximate surface area is 143 Å². The van der Waals surface area contributed by atoms with Gasteiger partial charge in [-0.05, 0) is 37.3 Å². The van der Waals surface area contributed by atoms with Crippen LogP contribution in [0.1, 0.15) is 46.6 Å². The van der Waals surface area contributed by atoms with Crippen LogP contribution in [-0.2, 0) is 19.9 Å². The molecule has 2 aromatic rings. The third-order valence-electron chi connectivity index (χ3n) is 4.00. The van der Waals surface area contributed by atoms with Gasteiger partial charge in [-0.15, -0.1) is 0 Å². The van der Waals surface area contributed by atoms with Crippen molar-refractivity contribution >= 4 is 17.5 Å². The first-order valence-electron chi connectivity index (χ1n) is 7.72. The lowest BCUT2D eigenvalue weighted by atomic mass is 10.1. The van der Waals surface area contributed by atoms with Gasteiger partial charge in [0.2, 0.25) is 5.78 Å². The van der Waals surface area contributed by atoms with Crippen molar-refractivity contribution in [2.24, 2.45) is 7.05 Å². The summed E-state index contributed by atoms with van der Waals surface area (Å²) in [6.45, 7) is 0. The summed E-state index contributed by atoms with van der Waals surface area (Å²) < 4.78 is 5.59. The van der Waals surface area contributed by atoms with Gasteiger partial charge in [0.05, 0.1) is 16.6 Å². The number of carbonyl (C=O) groups excluding carboxylic acids is 1. The predicted octanol–water partition coefficient (Wildman–Crippen LogP) is 1.08. The Morgan fingerprint density at radius 2 is 2.25 bits per heavy atom. The van der Waals surface area contributed by atoms with Crippen LogP contribution in [-0.4, -0.2) is 21.8 Å². The van der Waals surface area contributed by atoms with Gasteiger partial charge in [0.1, 0.15) is 11.1 Å². The van der Waals surface area contributed by atoms with Crippen LogP contribution >= 0.6 is 11.8 Å². The van der Waals surface area contributed by atoms with Crippen molar-refractivity contribution in [3.05, 3.63) is 28.6 Å². The van der Waals surface area contributed by atoms with Crippen LogP contribution in [0.3, 0.4) is 0 Å². The number of rotatable bonds is 4. The number of fused-ring (bicyclic) bond motifs is 1. The van der Waals surface area contributed by atoms with Crippen LogP contribution in [0, 0.1) is 11.3 Å². The summed E-state index contributed by atoms with van der Waals surface area (Å²) >= 11 is 1.17. The second-order valence-electron chi connectivity index (χ2n) is 5.66. The molecule has 0 saturated heterocycles. The van der Waals surface area contributed by atoms with E-state index in [1.807, 2.05) is 6.07 Å². The number of hydrogen-bond acceptors (Lipinski definition) is 7. The molecule has 2 aromatic heterocycles. The molecule has 3 rings (SSSR count). The van der Waals surface area contributed by atoms with E-state index in [2.05, 4.69) is 20.8 Å². The van der Waals surface area contributed by atoms with E-state index in [0.717, 1.165) is 48.0 Å². The molecule has 0 atom stereocenters. The number of nitrogens with zero attached hydrogens (tertiary/aromatic N) is 4. The smallest absolute Gasteiger partial charge is 0.300 e. The molecular weight excluding hydrogens is 328 g/mol. The highest BCUT2D eigenvalue weighted by Crippen LogP contribution is 2.27. The molecule has 124 valence electrons. The molecule has 0 unspecified atom stereocenters. The molecule has 24 heavy (non-hydrogen) atoms. The first kappa shape index (κ1) is 16.5. The molecule has 0 fully saturated rings. The summed E-state index contributed by atoms with van der Waals surface area (Å²) in [5.74, 6) is -1.14. The van der Waals surface area contributed by atoms with Crippen LogP contribution in [0.2, 0.25) is 0 Å². The Morgan fingerprint density at radius 1 is 1.46 bits per heavy atom. The summed E-state index contributed by atoms with van der Waals surface area (Å²) in [4.78, 5) is 16.8. The zero-order valence-corrected chi connectivity index (χ0v) is 14.1. The number of Topliss-reactive ketones (excluding diaryl/α,β-unsaturated/α-hetero) is 1. The molecule has 2 heterocycles. The van der Waals surface area contributed by atoms with Crippen LogP contribution < -0.4 is 9.79 Å². The van der Waals surface area contributed by atoms with E-state index in [0.29, 0.717) is 10.6 Å². The zero-order valence-electron chi connectivity index (χ0n) is 13.2. The average molecular weight is 344 g/mol. The third kappa shape index (κ3) is 3.26. The molecule has 0 bridgehead atoms. The lowest BCUT2D eigenvalue weighted by molar-refractivity contribution is -0.741. The maximum atomic E-state index is 12.2. The molecule has 0 spiro atoms. The standard InChI is InChI=1S/C16H16N4O3S/c1-20-14(16(22)23-19-20)13(21)9-24-15-11(8-17)7-10-5-3-2-4-6-12(10)18-15/h7H,2-6,9H2,1H3. The van der Waals surface area contributed by atoms with Gasteiger partial charge >= 0.3 is 0 Å². The predicted molar refractivity (Wildman–Crippen MR) is 82.4 cm³/mol. The van der Waals surface area contributed by atoms with Crippen molar-refractivity contribution in [1.82, 2.24) is 10.3 Å². The second-order valence-corrected chi connectivity index (χ2v) is 6.63. The molecule has 0 saturated carbocycles. The maximum Gasteiger partial charge on any atom is 0.300 e. The van der Waals surface area contributed by atoms with Gasteiger partial charge < -0.3 is 9.63 Å². The fourth-order valence-corrected chi connectivity index (χ4v) is 3.63. The number of hydrogen-bond donors (Lipinski definition) is 0. The Bertz CT molecular complexity index is 806. The van der Waals surface area contributed by atoms with Crippen LogP contribution in [0.25, 0.3) is 0 Å². The fourth-order valence-electron chi connectivity index (χ4n) is 2.79. The van der Waals surface area contributed by atoms with Gasteiger partial charge in [-0.25, -0.2) is 4.98 Å². The lowest BCUT2D eigenvalue weighted by Crippen LogP contribution is -2.37. The number of aromatic nitrogens is 3. The molecule has 8 heteroatoms. The Morgan fingerprint density at radius 3 is 2.96 bits per heavy atom. The van der Waals surface area contributed by atoms with Gasteiger partial charge in [-0.2, -0.15) is 5.26 Å². The van der Waals surface area contributed by atoms with E-state index < -0.39 is 11.7 Å². The summed E-state index contributed by atoms with van der Waals surface area (Å²) in [6, 6.07) is 4.04. The summed E-state index contributed by atoms with van der Waals surface area (Å²) in [5, 5.41) is 24.8. The number of pyridine rings is 1. The van der Waals surface area contributed by atoms with Crippen molar-refractivity contribution < 1.29 is 19.1 Å². The normalized spacial score (nSPS) is 13.8. The molecular formula is C16H16N4O3S. The fraction of sp³-hybridized carbons (Fsp3) is 0.438. The van der Waals surface area contributed by atoms with Gasteiger partial charge in [-0.1, -0.05) is 22.9 Å². The Kier molecular flexibility index (Phi) is 4.81. The van der Waals surface area contributed by atoms with E-state index in [9.17, 15) is 15.2 Å². The van der Waals surface area contributed by atoms with Crippen LogP contribution in [0.4, 0.5) is 0 Å². The number of thioether (sulfide) groups is 1. The van der Waals surface area contributed by atoms with Gasteiger partial charge in [0.25, 0.3) is 5.69 Å². The Hall–Kier alpha value is -2.40. The molecule has 0 aromatic carbocycles. The molecule has 0 radical (unpaired) electrons. The minimum absolute atomic E-state index is 0.00472. The van der Waals surface area contributed by atoms with Crippen LogP contribution in [0.15, 0.2) is 15.6 Å². The van der Waals surface area contributed by atoms with E-state index in [1.165, 1.54) is 18.8 Å². The average Bonchev–Trinajstić information content (AvgIpc) is 2.78. The lowest BCUT2D eigenvalue weighted by Gasteiger charge is -2.09. The monoisotopic (exact) mass is 344 g/mol. The number of nitriles is 1. The van der Waals surface area contributed by atoms with E-state index >= 15 is 0 Å². The van der Waals surface area contributed by atoms with E-state index in [1.54, 1.807) is 0 Å². The van der Waals surface area contributed by atoms with E-state index in [-0.39, 0.29) is 11.4 Å². The van der Waals surface area contributed by atoms with Gasteiger partial charge in [0.15, 0.2) is 13.0 Å². The molecule has 0 N–H and O–H groups in total. The van der Waals surface area contributed by atoms with E-state index in [4.69, 9.17) is 0 Å². The highest BCUT2D eigenvalue weighted by Gasteiger charge is 2.24. The molecule has 0 amide bonds. The number of ketones is 1. The topological polar surface area (TPSA) is 107 Å². The largest absolute Gasteiger partial charge is 0.539 e. The molecule has 1 aliphatic rings. The number of aryl methyl sites for hydroxylation is 3. The van der Waals surface area contributed by atoms with Crippen LogP contribution in [0.5, 0.6) is 5.95 Å². The SMILES string of the molecule is C[n+]1noc([O-])c1C(=O)CSc1nc2c(cc1C#N)CCCCC2. The highest BCUT2D eigenvalue weighted by molar-refractivity contribution is 8.00. The third-order valence-corrected chi connectivity index (χ3v) is 4.99. The Balaban J connectivity index is 1.81. The maximum absolute atomic E-state index is 12.2. The first-order valence-corrected chi connectivity index (χ1v) is 8.70. The van der Waals surface area contributed by atoms with Crippen molar-refractivity contribution in [1.29, 1.82) is 5.26 Å². The van der Waals surface area contributed by atoms with Gasteiger partial charge in [0, 0.05) is 5.69 Å². The second kappa shape index (κ2) is 7.01. The summed E-state index contributed by atoms with van der Waals surface area (Å²) in [6.07, 6.45) is 5.20. The molecule has 7 nitrogen and oxygen atoms in total. The van der Waals surface area contributed by atoms with Crippen molar-refractivity contribution in [2.75, 3.05) is 5.75 Å². The molecule has 1 aliphatic carbocycles.